The van der Waals surface area contributed by atoms with E-state index in [0.717, 1.165) is 19.4 Å². The first-order valence-corrected chi connectivity index (χ1v) is 7.46. The van der Waals surface area contributed by atoms with Crippen molar-refractivity contribution in [3.05, 3.63) is 52.0 Å². The molecule has 0 aliphatic carbocycles. The molecule has 1 N–H and O–H groups in total. The Morgan fingerprint density at radius 2 is 2.22 bits per heavy atom. The summed E-state index contributed by atoms with van der Waals surface area (Å²) in [6, 6.07) is 4.75. The summed E-state index contributed by atoms with van der Waals surface area (Å²) in [4.78, 5) is 4.23. The van der Waals surface area contributed by atoms with Gasteiger partial charge in [-0.1, -0.05) is 13.8 Å². The van der Waals surface area contributed by atoms with Crippen molar-refractivity contribution >= 4 is 11.3 Å². The Labute approximate surface area is 113 Å². The van der Waals surface area contributed by atoms with Gasteiger partial charge in [0.15, 0.2) is 0 Å². The van der Waals surface area contributed by atoms with Crippen molar-refractivity contribution in [3.63, 3.8) is 0 Å². The number of rotatable bonds is 6. The van der Waals surface area contributed by atoms with Crippen LogP contribution in [-0.4, -0.2) is 11.5 Å². The largest absolute Gasteiger partial charge is 0.310 e. The molecule has 0 bridgehead atoms. The van der Waals surface area contributed by atoms with Gasteiger partial charge in [0.2, 0.25) is 0 Å². The first-order valence-electron chi connectivity index (χ1n) is 6.52. The number of hydrogen-bond donors (Lipinski definition) is 1. The second-order valence-corrected chi connectivity index (χ2v) is 5.15. The topological polar surface area (TPSA) is 24.9 Å². The molecule has 3 heteroatoms. The Kier molecular flexibility index (Phi) is 4.90. The van der Waals surface area contributed by atoms with Gasteiger partial charge in [0, 0.05) is 18.4 Å². The Hall–Kier alpha value is -1.19. The summed E-state index contributed by atoms with van der Waals surface area (Å²) in [5.74, 6) is 0. The van der Waals surface area contributed by atoms with Crippen LogP contribution >= 0.6 is 11.3 Å². The van der Waals surface area contributed by atoms with E-state index in [1.54, 1.807) is 11.3 Å². The van der Waals surface area contributed by atoms with Gasteiger partial charge in [0.05, 0.1) is 0 Å². The van der Waals surface area contributed by atoms with Crippen LogP contribution in [0.3, 0.4) is 0 Å². The molecule has 1 unspecified atom stereocenters. The maximum Gasteiger partial charge on any atom is 0.0364 e. The molecular formula is C15H20N2S. The van der Waals surface area contributed by atoms with Gasteiger partial charge in [-0.25, -0.2) is 0 Å². The van der Waals surface area contributed by atoms with Crippen LogP contribution in [0, 0.1) is 0 Å². The maximum atomic E-state index is 4.23. The van der Waals surface area contributed by atoms with Crippen LogP contribution in [0.15, 0.2) is 35.3 Å². The number of aromatic nitrogens is 1. The molecule has 1 atom stereocenters. The zero-order valence-corrected chi connectivity index (χ0v) is 11.8. The molecule has 2 rings (SSSR count). The third kappa shape index (κ3) is 3.18. The lowest BCUT2D eigenvalue weighted by Crippen LogP contribution is -2.24. The molecule has 0 saturated heterocycles. The fourth-order valence-electron chi connectivity index (χ4n) is 2.26. The average molecular weight is 260 g/mol. The average Bonchev–Trinajstić information content (AvgIpc) is 2.91. The summed E-state index contributed by atoms with van der Waals surface area (Å²) in [7, 11) is 0. The standard InChI is InChI=1S/C15H20N2S/c1-3-13-10-16-7-5-14(13)15(17-4-2)9-12-6-8-18-11-12/h5-8,10-11,15,17H,3-4,9H2,1-2H3. The number of pyridine rings is 1. The van der Waals surface area contributed by atoms with Crippen molar-refractivity contribution in [1.82, 2.24) is 10.3 Å². The van der Waals surface area contributed by atoms with Crippen LogP contribution in [0.4, 0.5) is 0 Å². The fraction of sp³-hybridized carbons (Fsp3) is 0.400. The highest BCUT2D eigenvalue weighted by molar-refractivity contribution is 7.07. The molecule has 0 aliphatic heterocycles. The quantitative estimate of drug-likeness (QED) is 0.858. The fourth-order valence-corrected chi connectivity index (χ4v) is 2.94. The molecule has 0 spiro atoms. The third-order valence-electron chi connectivity index (χ3n) is 3.17. The van der Waals surface area contributed by atoms with Crippen LogP contribution in [0.5, 0.6) is 0 Å². The SMILES string of the molecule is CCNC(Cc1ccsc1)c1ccncc1CC. The zero-order valence-electron chi connectivity index (χ0n) is 11.0. The smallest absolute Gasteiger partial charge is 0.0364 e. The van der Waals surface area contributed by atoms with Gasteiger partial charge in [-0.05, 0) is 59.0 Å². The van der Waals surface area contributed by atoms with E-state index in [-0.39, 0.29) is 0 Å². The van der Waals surface area contributed by atoms with E-state index >= 15 is 0 Å². The molecule has 0 amide bonds. The molecule has 2 nitrogen and oxygen atoms in total. The minimum atomic E-state index is 0.391. The van der Waals surface area contributed by atoms with E-state index in [1.165, 1.54) is 16.7 Å². The molecule has 0 radical (unpaired) electrons. The minimum Gasteiger partial charge on any atom is -0.310 e. The normalized spacial score (nSPS) is 12.6. The summed E-state index contributed by atoms with van der Waals surface area (Å²) < 4.78 is 0. The second-order valence-electron chi connectivity index (χ2n) is 4.37. The molecule has 18 heavy (non-hydrogen) atoms. The predicted octanol–water partition coefficient (Wildman–Crippen LogP) is 3.60. The van der Waals surface area contributed by atoms with Gasteiger partial charge in [0.25, 0.3) is 0 Å². The molecule has 2 aromatic rings. The Morgan fingerprint density at radius 1 is 1.33 bits per heavy atom. The van der Waals surface area contributed by atoms with Crippen LogP contribution in [-0.2, 0) is 12.8 Å². The van der Waals surface area contributed by atoms with Gasteiger partial charge >= 0.3 is 0 Å². The van der Waals surface area contributed by atoms with Crippen molar-refractivity contribution in [2.24, 2.45) is 0 Å². The highest BCUT2D eigenvalue weighted by Crippen LogP contribution is 2.23. The summed E-state index contributed by atoms with van der Waals surface area (Å²) >= 11 is 1.76. The van der Waals surface area contributed by atoms with Crippen molar-refractivity contribution in [1.29, 1.82) is 0 Å². The van der Waals surface area contributed by atoms with Gasteiger partial charge in [0.1, 0.15) is 0 Å². The third-order valence-corrected chi connectivity index (χ3v) is 3.90. The lowest BCUT2D eigenvalue weighted by atomic mass is 9.96. The monoisotopic (exact) mass is 260 g/mol. The van der Waals surface area contributed by atoms with E-state index in [9.17, 15) is 0 Å². The number of likely N-dealkylation sites (N-methyl/N-ethyl adjacent to an activating group) is 1. The van der Waals surface area contributed by atoms with E-state index < -0.39 is 0 Å². The molecule has 2 aromatic heterocycles. The van der Waals surface area contributed by atoms with E-state index in [1.807, 2.05) is 12.4 Å². The van der Waals surface area contributed by atoms with Crippen LogP contribution in [0.2, 0.25) is 0 Å². The molecule has 0 aromatic carbocycles. The summed E-state index contributed by atoms with van der Waals surface area (Å²) in [5.41, 5.74) is 4.14. The first kappa shape index (κ1) is 13.2. The number of aryl methyl sites for hydroxylation is 1. The highest BCUT2D eigenvalue weighted by atomic mass is 32.1. The van der Waals surface area contributed by atoms with Gasteiger partial charge in [-0.15, -0.1) is 0 Å². The van der Waals surface area contributed by atoms with Gasteiger partial charge in [-0.2, -0.15) is 11.3 Å². The summed E-state index contributed by atoms with van der Waals surface area (Å²) in [6.07, 6.45) is 5.98. The van der Waals surface area contributed by atoms with Crippen LogP contribution in [0.25, 0.3) is 0 Å². The highest BCUT2D eigenvalue weighted by Gasteiger charge is 2.14. The first-order chi connectivity index (χ1) is 8.85. The van der Waals surface area contributed by atoms with Gasteiger partial charge in [-0.3, -0.25) is 4.98 Å². The molecule has 2 heterocycles. The molecule has 0 saturated carbocycles. The Bertz CT molecular complexity index is 465. The van der Waals surface area contributed by atoms with Crippen molar-refractivity contribution < 1.29 is 0 Å². The number of hydrogen-bond acceptors (Lipinski definition) is 3. The summed E-state index contributed by atoms with van der Waals surface area (Å²) in [5, 5.41) is 7.97. The van der Waals surface area contributed by atoms with Crippen molar-refractivity contribution in [2.45, 2.75) is 32.7 Å². The lowest BCUT2D eigenvalue weighted by molar-refractivity contribution is 0.545. The Balaban J connectivity index is 2.23. The van der Waals surface area contributed by atoms with Gasteiger partial charge < -0.3 is 5.32 Å². The van der Waals surface area contributed by atoms with Crippen LogP contribution in [0.1, 0.15) is 36.6 Å². The van der Waals surface area contributed by atoms with E-state index in [4.69, 9.17) is 0 Å². The minimum absolute atomic E-state index is 0.391. The Morgan fingerprint density at radius 3 is 2.89 bits per heavy atom. The number of nitrogens with zero attached hydrogens (tertiary/aromatic N) is 1. The van der Waals surface area contributed by atoms with E-state index in [0.29, 0.717) is 6.04 Å². The molecule has 96 valence electrons. The molecule has 0 aliphatic rings. The van der Waals surface area contributed by atoms with Crippen molar-refractivity contribution in [2.75, 3.05) is 6.54 Å². The van der Waals surface area contributed by atoms with E-state index in [2.05, 4.69) is 47.0 Å². The maximum absolute atomic E-state index is 4.23. The second kappa shape index (κ2) is 6.66. The van der Waals surface area contributed by atoms with Crippen LogP contribution < -0.4 is 5.32 Å². The number of nitrogens with one attached hydrogen (secondary N) is 1. The predicted molar refractivity (Wildman–Crippen MR) is 78.1 cm³/mol. The van der Waals surface area contributed by atoms with Crippen molar-refractivity contribution in [3.8, 4) is 0 Å². The molecule has 0 fully saturated rings. The zero-order chi connectivity index (χ0) is 12.8. The summed E-state index contributed by atoms with van der Waals surface area (Å²) in [6.45, 7) is 5.34. The lowest BCUT2D eigenvalue weighted by Gasteiger charge is -2.20. The molecular weight excluding hydrogens is 240 g/mol. The number of thiophene rings is 1.